The van der Waals surface area contributed by atoms with Crippen LogP contribution in [0.2, 0.25) is 0 Å². The van der Waals surface area contributed by atoms with Crippen LogP contribution >= 0.6 is 0 Å². The summed E-state index contributed by atoms with van der Waals surface area (Å²) in [5.74, 6) is 0.527. The van der Waals surface area contributed by atoms with Gasteiger partial charge in [-0.1, -0.05) is 30.3 Å². The van der Waals surface area contributed by atoms with Crippen LogP contribution in [-0.4, -0.2) is 20.6 Å². The number of aromatic nitrogens is 2. The smallest absolute Gasteiger partial charge is 0.326 e. The van der Waals surface area contributed by atoms with Gasteiger partial charge in [-0.25, -0.2) is 9.78 Å². The normalized spacial score (nSPS) is 12.3. The van der Waals surface area contributed by atoms with Crippen LogP contribution in [0.3, 0.4) is 0 Å². The van der Waals surface area contributed by atoms with Crippen molar-refractivity contribution in [2.75, 3.05) is 0 Å². The zero-order valence-electron chi connectivity index (χ0n) is 14.0. The van der Waals surface area contributed by atoms with E-state index in [-0.39, 0.29) is 6.61 Å². The number of carboxylic acids is 1. The lowest BCUT2D eigenvalue weighted by molar-refractivity contribution is -0.140. The van der Waals surface area contributed by atoms with E-state index in [9.17, 15) is 9.90 Å². The SMILES string of the molecule is Cc1cccc(C)c1OCc1nc2ccccc2n1C(C)C(=O)O. The molecule has 0 fully saturated rings. The maximum atomic E-state index is 11.5. The highest BCUT2D eigenvalue weighted by Crippen LogP contribution is 2.26. The van der Waals surface area contributed by atoms with Crippen molar-refractivity contribution in [2.24, 2.45) is 0 Å². The van der Waals surface area contributed by atoms with E-state index < -0.39 is 12.0 Å². The van der Waals surface area contributed by atoms with Gasteiger partial charge in [0.1, 0.15) is 24.2 Å². The van der Waals surface area contributed by atoms with Crippen molar-refractivity contribution in [3.05, 3.63) is 59.4 Å². The molecule has 0 aliphatic rings. The number of para-hydroxylation sites is 3. The molecule has 1 unspecified atom stereocenters. The minimum atomic E-state index is -0.897. The molecule has 1 N–H and O–H groups in total. The summed E-state index contributed by atoms with van der Waals surface area (Å²) >= 11 is 0. The zero-order chi connectivity index (χ0) is 17.3. The summed E-state index contributed by atoms with van der Waals surface area (Å²) in [6, 6.07) is 12.8. The van der Waals surface area contributed by atoms with Gasteiger partial charge in [0.25, 0.3) is 0 Å². The second-order valence-electron chi connectivity index (χ2n) is 5.91. The average molecular weight is 324 g/mol. The van der Waals surface area contributed by atoms with Gasteiger partial charge in [0.05, 0.1) is 11.0 Å². The summed E-state index contributed by atoms with van der Waals surface area (Å²) in [5, 5.41) is 9.42. The summed E-state index contributed by atoms with van der Waals surface area (Å²) in [4.78, 5) is 16.1. The molecule has 3 aromatic rings. The summed E-state index contributed by atoms with van der Waals surface area (Å²) < 4.78 is 7.70. The van der Waals surface area contributed by atoms with Crippen LogP contribution in [0.1, 0.15) is 29.9 Å². The topological polar surface area (TPSA) is 64.4 Å². The van der Waals surface area contributed by atoms with Crippen LogP contribution in [0, 0.1) is 13.8 Å². The van der Waals surface area contributed by atoms with Crippen LogP contribution < -0.4 is 4.74 Å². The second kappa shape index (κ2) is 6.35. The van der Waals surface area contributed by atoms with Gasteiger partial charge in [-0.15, -0.1) is 0 Å². The van der Waals surface area contributed by atoms with E-state index in [0.29, 0.717) is 5.82 Å². The maximum Gasteiger partial charge on any atom is 0.326 e. The van der Waals surface area contributed by atoms with E-state index in [1.807, 2.05) is 56.3 Å². The third-order valence-corrected chi connectivity index (χ3v) is 4.17. The average Bonchev–Trinajstić information content (AvgIpc) is 2.91. The molecule has 0 radical (unpaired) electrons. The highest BCUT2D eigenvalue weighted by atomic mass is 16.5. The molecule has 0 saturated heterocycles. The predicted molar refractivity (Wildman–Crippen MR) is 92.3 cm³/mol. The molecule has 24 heavy (non-hydrogen) atoms. The van der Waals surface area contributed by atoms with E-state index in [1.165, 1.54) is 0 Å². The highest BCUT2D eigenvalue weighted by molar-refractivity contribution is 5.80. The van der Waals surface area contributed by atoms with Crippen molar-refractivity contribution in [1.29, 1.82) is 0 Å². The van der Waals surface area contributed by atoms with Crippen LogP contribution in [0.25, 0.3) is 11.0 Å². The third-order valence-electron chi connectivity index (χ3n) is 4.17. The van der Waals surface area contributed by atoms with Crippen molar-refractivity contribution in [1.82, 2.24) is 9.55 Å². The van der Waals surface area contributed by atoms with Crippen LogP contribution in [0.4, 0.5) is 0 Å². The number of imidazole rings is 1. The fourth-order valence-corrected chi connectivity index (χ4v) is 2.90. The molecular weight excluding hydrogens is 304 g/mol. The number of rotatable bonds is 5. The molecular formula is C19H20N2O3. The number of hydrogen-bond acceptors (Lipinski definition) is 3. The molecule has 0 aliphatic carbocycles. The Kier molecular flexibility index (Phi) is 4.25. The van der Waals surface area contributed by atoms with Gasteiger partial charge in [0.15, 0.2) is 0 Å². The zero-order valence-corrected chi connectivity index (χ0v) is 14.0. The number of ether oxygens (including phenoxy) is 1. The first-order valence-electron chi connectivity index (χ1n) is 7.86. The van der Waals surface area contributed by atoms with Crippen LogP contribution in [-0.2, 0) is 11.4 Å². The molecule has 3 rings (SSSR count). The Labute approximate surface area is 140 Å². The number of carboxylic acid groups (broad SMARTS) is 1. The fourth-order valence-electron chi connectivity index (χ4n) is 2.90. The number of fused-ring (bicyclic) bond motifs is 1. The first-order chi connectivity index (χ1) is 11.5. The van der Waals surface area contributed by atoms with Gasteiger partial charge < -0.3 is 14.4 Å². The molecule has 0 spiro atoms. The number of carbonyl (C=O) groups is 1. The Morgan fingerprint density at radius 1 is 1.17 bits per heavy atom. The lowest BCUT2D eigenvalue weighted by atomic mass is 10.1. The van der Waals surface area contributed by atoms with Gasteiger partial charge in [-0.2, -0.15) is 0 Å². The number of hydrogen-bond donors (Lipinski definition) is 1. The number of aliphatic carboxylic acids is 1. The Morgan fingerprint density at radius 3 is 2.50 bits per heavy atom. The van der Waals surface area contributed by atoms with Gasteiger partial charge in [0.2, 0.25) is 0 Å². The molecule has 124 valence electrons. The van der Waals surface area contributed by atoms with E-state index >= 15 is 0 Å². The highest BCUT2D eigenvalue weighted by Gasteiger charge is 2.21. The van der Waals surface area contributed by atoms with E-state index in [1.54, 1.807) is 11.5 Å². The van der Waals surface area contributed by atoms with Crippen molar-refractivity contribution in [3.8, 4) is 5.75 Å². The van der Waals surface area contributed by atoms with Gasteiger partial charge >= 0.3 is 5.97 Å². The Hall–Kier alpha value is -2.82. The molecule has 1 aromatic heterocycles. The predicted octanol–water partition coefficient (Wildman–Crippen LogP) is 3.88. The number of nitrogens with zero attached hydrogens (tertiary/aromatic N) is 2. The minimum Gasteiger partial charge on any atom is -0.485 e. The molecule has 0 amide bonds. The first-order valence-corrected chi connectivity index (χ1v) is 7.86. The minimum absolute atomic E-state index is 0.220. The van der Waals surface area contributed by atoms with Gasteiger partial charge in [-0.3, -0.25) is 0 Å². The second-order valence-corrected chi connectivity index (χ2v) is 5.91. The van der Waals surface area contributed by atoms with Crippen molar-refractivity contribution >= 4 is 17.0 Å². The van der Waals surface area contributed by atoms with Crippen molar-refractivity contribution in [2.45, 2.75) is 33.4 Å². The Balaban J connectivity index is 2.00. The maximum absolute atomic E-state index is 11.5. The summed E-state index contributed by atoms with van der Waals surface area (Å²) in [6.45, 7) is 5.85. The Bertz CT molecular complexity index is 879. The number of benzene rings is 2. The van der Waals surface area contributed by atoms with Crippen molar-refractivity contribution in [3.63, 3.8) is 0 Å². The number of aryl methyl sites for hydroxylation is 2. The lowest BCUT2D eigenvalue weighted by Crippen LogP contribution is -2.19. The van der Waals surface area contributed by atoms with E-state index in [4.69, 9.17) is 4.74 Å². The lowest BCUT2D eigenvalue weighted by Gasteiger charge is -2.15. The monoisotopic (exact) mass is 324 g/mol. The van der Waals surface area contributed by atoms with Crippen LogP contribution in [0.15, 0.2) is 42.5 Å². The quantitative estimate of drug-likeness (QED) is 0.773. The standard InChI is InChI=1S/C19H20N2O3/c1-12-7-6-8-13(2)18(12)24-11-17-20-15-9-4-5-10-16(15)21(17)14(3)19(22)23/h4-10,14H,11H2,1-3H3,(H,22,23). The molecule has 1 atom stereocenters. The third kappa shape index (κ3) is 2.85. The van der Waals surface area contributed by atoms with E-state index in [0.717, 1.165) is 27.9 Å². The van der Waals surface area contributed by atoms with Gasteiger partial charge in [0, 0.05) is 0 Å². The Morgan fingerprint density at radius 2 is 1.83 bits per heavy atom. The summed E-state index contributed by atoms with van der Waals surface area (Å²) in [6.07, 6.45) is 0. The molecule has 2 aromatic carbocycles. The molecule has 0 saturated carbocycles. The van der Waals surface area contributed by atoms with Crippen LogP contribution in [0.5, 0.6) is 5.75 Å². The van der Waals surface area contributed by atoms with Gasteiger partial charge in [-0.05, 0) is 44.0 Å². The molecule has 0 bridgehead atoms. The molecule has 5 heteroatoms. The largest absolute Gasteiger partial charge is 0.485 e. The molecule has 0 aliphatic heterocycles. The fraction of sp³-hybridized carbons (Fsp3) is 0.263. The first kappa shape index (κ1) is 16.1. The van der Waals surface area contributed by atoms with E-state index in [2.05, 4.69) is 4.98 Å². The van der Waals surface area contributed by atoms with Crippen molar-refractivity contribution < 1.29 is 14.6 Å². The molecule has 1 heterocycles. The summed E-state index contributed by atoms with van der Waals surface area (Å²) in [5.41, 5.74) is 3.66. The molecule has 5 nitrogen and oxygen atoms in total. The summed E-state index contributed by atoms with van der Waals surface area (Å²) in [7, 11) is 0.